The van der Waals surface area contributed by atoms with Crippen molar-refractivity contribution in [3.8, 4) is 0 Å². The molecule has 0 radical (unpaired) electrons. The van der Waals surface area contributed by atoms with Gasteiger partial charge in [-0.3, -0.25) is 4.90 Å². The molecule has 0 bridgehead atoms. The third kappa shape index (κ3) is 3.53. The highest BCUT2D eigenvalue weighted by molar-refractivity contribution is 7.70. The number of ether oxygens (including phenoxy) is 1. The van der Waals surface area contributed by atoms with Gasteiger partial charge >= 0.3 is 6.09 Å². The molecule has 0 spiro atoms. The van der Waals surface area contributed by atoms with E-state index in [0.29, 0.717) is 6.42 Å². The summed E-state index contributed by atoms with van der Waals surface area (Å²) in [4.78, 5) is 13.9. The minimum absolute atomic E-state index is 0.140. The van der Waals surface area contributed by atoms with Crippen LogP contribution in [0, 0.1) is 0 Å². The minimum Gasteiger partial charge on any atom is -0.443 e. The normalized spacial score (nSPS) is 18.3. The number of carbonyl (C=O) groups is 1. The van der Waals surface area contributed by atoms with Crippen LogP contribution >= 0.6 is 7.14 Å². The van der Waals surface area contributed by atoms with Gasteiger partial charge in [0, 0.05) is 5.30 Å². The van der Waals surface area contributed by atoms with Crippen molar-refractivity contribution in [3.05, 3.63) is 23.8 Å². The van der Waals surface area contributed by atoms with Crippen molar-refractivity contribution in [2.24, 2.45) is 0 Å². The van der Waals surface area contributed by atoms with Crippen LogP contribution in [0.3, 0.4) is 0 Å². The highest BCUT2D eigenvalue weighted by Gasteiger charge is 2.36. The van der Waals surface area contributed by atoms with E-state index >= 15 is 0 Å². The van der Waals surface area contributed by atoms with Crippen LogP contribution in [0.25, 0.3) is 0 Å². The van der Waals surface area contributed by atoms with E-state index in [2.05, 4.69) is 0 Å². The third-order valence-electron chi connectivity index (χ3n) is 3.57. The van der Waals surface area contributed by atoms with Gasteiger partial charge in [-0.25, -0.2) is 4.79 Å². The van der Waals surface area contributed by atoms with Gasteiger partial charge < -0.3 is 14.4 Å². The summed E-state index contributed by atoms with van der Waals surface area (Å²) in [6, 6.07) is 5.12. The number of carbonyl (C=O) groups excluding carboxylic acids is 1. The monoisotopic (exact) mass is 325 g/mol. The minimum atomic E-state index is -2.35. The zero-order chi connectivity index (χ0) is 16.7. The molecule has 1 aliphatic heterocycles. The lowest BCUT2D eigenvalue weighted by molar-refractivity contribution is 0.0557. The molecule has 0 fully saturated rings. The van der Waals surface area contributed by atoms with Crippen LogP contribution in [0.5, 0.6) is 0 Å². The molecule has 1 amide bonds. The van der Waals surface area contributed by atoms with E-state index in [9.17, 15) is 14.5 Å². The first-order valence-electron chi connectivity index (χ1n) is 7.34. The number of anilines is 1. The molecule has 2 rings (SSSR count). The van der Waals surface area contributed by atoms with Crippen molar-refractivity contribution in [2.45, 2.75) is 38.8 Å². The first kappa shape index (κ1) is 17.0. The molecule has 6 heteroatoms. The molecule has 0 saturated heterocycles. The number of fused-ring (bicyclic) bond motifs is 1. The number of amides is 1. The molecule has 0 aromatic heterocycles. The summed E-state index contributed by atoms with van der Waals surface area (Å²) in [5.74, 6) is 0. The van der Waals surface area contributed by atoms with Gasteiger partial charge in [0.05, 0.1) is 18.3 Å². The maximum atomic E-state index is 12.4. The SMILES string of the molecule is CC(C)(C)OC(=O)N1c2ccc(P(C)(C)=O)cc2C[C@@H]1CO. The van der Waals surface area contributed by atoms with Crippen molar-refractivity contribution in [1.82, 2.24) is 0 Å². The van der Waals surface area contributed by atoms with Gasteiger partial charge in [-0.15, -0.1) is 0 Å². The third-order valence-corrected chi connectivity index (χ3v) is 5.09. The fraction of sp³-hybridized carbons (Fsp3) is 0.562. The fourth-order valence-corrected chi connectivity index (χ4v) is 3.45. The first-order valence-corrected chi connectivity index (χ1v) is 9.94. The molecule has 122 valence electrons. The summed E-state index contributed by atoms with van der Waals surface area (Å²) in [5, 5.41) is 10.4. The van der Waals surface area contributed by atoms with Gasteiger partial charge in [0.15, 0.2) is 0 Å². The molecule has 1 aromatic carbocycles. The zero-order valence-corrected chi connectivity index (χ0v) is 14.7. The second-order valence-electron chi connectivity index (χ2n) is 7.05. The number of rotatable bonds is 2. The molecule has 22 heavy (non-hydrogen) atoms. The Labute approximate surface area is 131 Å². The van der Waals surface area contributed by atoms with Crippen molar-refractivity contribution in [3.63, 3.8) is 0 Å². The van der Waals surface area contributed by atoms with Gasteiger partial charge in [0.1, 0.15) is 12.7 Å². The Balaban J connectivity index is 2.38. The number of hydrogen-bond acceptors (Lipinski definition) is 4. The number of hydrogen-bond donors (Lipinski definition) is 1. The Bertz CT molecular complexity index is 630. The van der Waals surface area contributed by atoms with Crippen molar-refractivity contribution < 1.29 is 19.2 Å². The average molecular weight is 325 g/mol. The van der Waals surface area contributed by atoms with E-state index < -0.39 is 18.8 Å². The maximum Gasteiger partial charge on any atom is 0.415 e. The van der Waals surface area contributed by atoms with Crippen LogP contribution in [-0.4, -0.2) is 42.8 Å². The number of aliphatic hydroxyl groups is 1. The predicted molar refractivity (Wildman–Crippen MR) is 88.8 cm³/mol. The number of aliphatic hydroxyl groups excluding tert-OH is 1. The maximum absolute atomic E-state index is 12.4. The molecule has 0 unspecified atom stereocenters. The van der Waals surface area contributed by atoms with Gasteiger partial charge in [-0.05, 0) is 64.3 Å². The highest BCUT2D eigenvalue weighted by atomic mass is 31.2. The standard InChI is InChI=1S/C16H24NO4P/c1-16(2,3)21-15(19)17-12(10-18)8-11-9-13(22(4,5)20)6-7-14(11)17/h6-7,9,12,18H,8,10H2,1-5H3/t12-/m1/s1. The predicted octanol–water partition coefficient (Wildman–Crippen LogP) is 2.59. The highest BCUT2D eigenvalue weighted by Crippen LogP contribution is 2.39. The number of benzene rings is 1. The summed E-state index contributed by atoms with van der Waals surface area (Å²) >= 11 is 0. The topological polar surface area (TPSA) is 66.8 Å². The van der Waals surface area contributed by atoms with Crippen molar-refractivity contribution in [2.75, 3.05) is 24.8 Å². The Morgan fingerprint density at radius 1 is 1.41 bits per heavy atom. The van der Waals surface area contributed by atoms with Gasteiger partial charge in [-0.1, -0.05) is 0 Å². The molecule has 0 saturated carbocycles. The smallest absolute Gasteiger partial charge is 0.415 e. The van der Waals surface area contributed by atoms with Crippen LogP contribution in [0.1, 0.15) is 26.3 Å². The largest absolute Gasteiger partial charge is 0.443 e. The van der Waals surface area contributed by atoms with Crippen LogP contribution in [0.15, 0.2) is 18.2 Å². The van der Waals surface area contributed by atoms with E-state index in [1.165, 1.54) is 4.90 Å². The molecular weight excluding hydrogens is 301 g/mol. The molecule has 1 aromatic rings. The molecule has 1 aliphatic rings. The second kappa shape index (κ2) is 5.71. The second-order valence-corrected chi connectivity index (χ2v) is 10.3. The van der Waals surface area contributed by atoms with Crippen LogP contribution < -0.4 is 10.2 Å². The number of nitrogens with zero attached hydrogens (tertiary/aromatic N) is 1. The zero-order valence-electron chi connectivity index (χ0n) is 13.8. The van der Waals surface area contributed by atoms with E-state index in [-0.39, 0.29) is 12.6 Å². The molecular formula is C16H24NO4P. The Kier molecular flexibility index (Phi) is 4.42. The van der Waals surface area contributed by atoms with E-state index in [4.69, 9.17) is 4.74 Å². The lowest BCUT2D eigenvalue weighted by atomic mass is 10.1. The summed E-state index contributed by atoms with van der Waals surface area (Å²) in [6.07, 6.45) is 0.0769. The first-order chi connectivity index (χ1) is 10.0. The van der Waals surface area contributed by atoms with Crippen molar-refractivity contribution >= 4 is 24.2 Å². The van der Waals surface area contributed by atoms with Gasteiger partial charge in [-0.2, -0.15) is 0 Å². The van der Waals surface area contributed by atoms with E-state index in [1.807, 2.05) is 26.8 Å². The molecule has 0 aliphatic carbocycles. The van der Waals surface area contributed by atoms with Gasteiger partial charge in [0.25, 0.3) is 0 Å². The lowest BCUT2D eigenvalue weighted by Crippen LogP contribution is -2.43. The Morgan fingerprint density at radius 2 is 2.05 bits per heavy atom. The van der Waals surface area contributed by atoms with Crippen LogP contribution in [0.4, 0.5) is 10.5 Å². The van der Waals surface area contributed by atoms with Crippen molar-refractivity contribution in [1.29, 1.82) is 0 Å². The molecule has 1 N–H and O–H groups in total. The summed E-state index contributed by atoms with van der Waals surface area (Å²) in [7, 11) is -2.35. The lowest BCUT2D eigenvalue weighted by Gasteiger charge is -2.28. The van der Waals surface area contributed by atoms with Gasteiger partial charge in [0.2, 0.25) is 0 Å². The quantitative estimate of drug-likeness (QED) is 0.849. The Hall–Kier alpha value is -1.32. The molecule has 5 nitrogen and oxygen atoms in total. The van der Waals surface area contributed by atoms with E-state index in [0.717, 1.165) is 16.6 Å². The Morgan fingerprint density at radius 3 is 2.55 bits per heavy atom. The molecule has 1 heterocycles. The summed E-state index contributed by atoms with van der Waals surface area (Å²) in [5.41, 5.74) is 1.05. The van der Waals surface area contributed by atoms with Crippen LogP contribution in [-0.2, 0) is 15.7 Å². The van der Waals surface area contributed by atoms with E-state index in [1.54, 1.807) is 25.5 Å². The summed E-state index contributed by atoms with van der Waals surface area (Å²) < 4.78 is 17.6. The average Bonchev–Trinajstić information content (AvgIpc) is 2.72. The van der Waals surface area contributed by atoms with Crippen LogP contribution in [0.2, 0.25) is 0 Å². The summed E-state index contributed by atoms with van der Waals surface area (Å²) in [6.45, 7) is 8.73. The molecule has 1 atom stereocenters. The fourth-order valence-electron chi connectivity index (χ4n) is 2.55.